The summed E-state index contributed by atoms with van der Waals surface area (Å²) in [7, 11) is 0. The molecule has 0 amide bonds. The van der Waals surface area contributed by atoms with Crippen LogP contribution in [-0.4, -0.2) is 45.9 Å². The molecule has 1 fully saturated rings. The van der Waals surface area contributed by atoms with E-state index in [0.717, 1.165) is 49.8 Å². The van der Waals surface area contributed by atoms with Crippen molar-refractivity contribution in [2.75, 3.05) is 26.2 Å². The van der Waals surface area contributed by atoms with Crippen LogP contribution < -0.4 is 0 Å². The number of nitrogens with one attached hydrogen (secondary N) is 1. The van der Waals surface area contributed by atoms with Crippen molar-refractivity contribution in [3.05, 3.63) is 113 Å². The normalized spacial score (nSPS) is 15.5. The second-order valence-electron chi connectivity index (χ2n) is 11.0. The van der Waals surface area contributed by atoms with Crippen LogP contribution in [-0.2, 0) is 12.0 Å². The highest BCUT2D eigenvalue weighted by Gasteiger charge is 2.27. The fourth-order valence-electron chi connectivity index (χ4n) is 5.20. The third-order valence-electron chi connectivity index (χ3n) is 7.36. The predicted octanol–water partition coefficient (Wildman–Crippen LogP) is 6.59. The quantitative estimate of drug-likeness (QED) is 0.339. The number of nitrogens with zero attached hydrogens (tertiary/aromatic N) is 3. The molecule has 3 aromatic carbocycles. The van der Waals surface area contributed by atoms with Gasteiger partial charge in [-0.1, -0.05) is 99.6 Å². The highest BCUT2D eigenvalue weighted by molar-refractivity contribution is 5.58. The molecule has 0 bridgehead atoms. The molecule has 0 atom stereocenters. The molecule has 0 spiro atoms. The minimum absolute atomic E-state index is 0.123. The van der Waals surface area contributed by atoms with Gasteiger partial charge in [0.15, 0.2) is 0 Å². The third-order valence-corrected chi connectivity index (χ3v) is 7.36. The van der Waals surface area contributed by atoms with E-state index in [1.165, 1.54) is 22.4 Å². The first-order valence-electron chi connectivity index (χ1n) is 13.1. The molecule has 1 aliphatic rings. The lowest BCUT2D eigenvalue weighted by molar-refractivity contribution is 0.104. The van der Waals surface area contributed by atoms with Gasteiger partial charge in [0, 0.05) is 44.0 Å². The van der Waals surface area contributed by atoms with Crippen molar-refractivity contribution in [3.63, 3.8) is 0 Å². The van der Waals surface area contributed by atoms with Gasteiger partial charge in [0.2, 0.25) is 0 Å². The van der Waals surface area contributed by atoms with E-state index in [2.05, 4.69) is 127 Å². The fraction of sp³-hybridized carbons (Fsp3) is 0.344. The number of rotatable bonds is 6. The van der Waals surface area contributed by atoms with Crippen molar-refractivity contribution in [1.82, 2.24) is 19.8 Å². The van der Waals surface area contributed by atoms with Crippen LogP contribution in [0.5, 0.6) is 0 Å². The van der Waals surface area contributed by atoms with E-state index in [1.807, 2.05) is 0 Å². The summed E-state index contributed by atoms with van der Waals surface area (Å²) in [5, 5.41) is 0. The van der Waals surface area contributed by atoms with Gasteiger partial charge >= 0.3 is 0 Å². The Bertz CT molecular complexity index is 1220. The summed E-state index contributed by atoms with van der Waals surface area (Å²) in [6.45, 7) is 14.0. The summed E-state index contributed by atoms with van der Waals surface area (Å²) in [4.78, 5) is 13.8. The van der Waals surface area contributed by atoms with E-state index >= 15 is 0 Å². The molecule has 5 rings (SSSR count). The average molecular weight is 479 g/mol. The standard InChI is InChI=1S/C32H38N4/c1-24-29(34-31(33-24)27-16-11-17-28(22-27)32(2,3)4)23-35-18-20-36(21-19-35)30(25-12-7-5-8-13-25)26-14-9-6-10-15-26/h5-17,22,30H,18-21,23H2,1-4H3,(H,33,34). The van der Waals surface area contributed by atoms with E-state index in [4.69, 9.17) is 4.98 Å². The topological polar surface area (TPSA) is 35.2 Å². The lowest BCUT2D eigenvalue weighted by Crippen LogP contribution is -2.47. The Kier molecular flexibility index (Phi) is 7.08. The van der Waals surface area contributed by atoms with E-state index in [1.54, 1.807) is 0 Å². The molecule has 0 radical (unpaired) electrons. The molecule has 4 aromatic rings. The predicted molar refractivity (Wildman–Crippen MR) is 149 cm³/mol. The molecular weight excluding hydrogens is 440 g/mol. The summed E-state index contributed by atoms with van der Waals surface area (Å²) >= 11 is 0. The van der Waals surface area contributed by atoms with E-state index in [0.29, 0.717) is 6.04 Å². The Hall–Kier alpha value is -3.21. The van der Waals surface area contributed by atoms with Crippen LogP contribution in [0.3, 0.4) is 0 Å². The number of imidazole rings is 1. The van der Waals surface area contributed by atoms with Crippen LogP contribution >= 0.6 is 0 Å². The number of H-pyrrole nitrogens is 1. The number of aromatic nitrogens is 2. The Labute approximate surface area is 216 Å². The first kappa shape index (κ1) is 24.5. The first-order chi connectivity index (χ1) is 17.4. The van der Waals surface area contributed by atoms with Crippen molar-refractivity contribution in [3.8, 4) is 11.4 Å². The van der Waals surface area contributed by atoms with Crippen LogP contribution in [0.25, 0.3) is 11.4 Å². The number of hydrogen-bond donors (Lipinski definition) is 1. The molecule has 0 aliphatic carbocycles. The molecule has 36 heavy (non-hydrogen) atoms. The van der Waals surface area contributed by atoms with Crippen molar-refractivity contribution >= 4 is 0 Å². The third kappa shape index (κ3) is 5.45. The van der Waals surface area contributed by atoms with Crippen LogP contribution in [0, 0.1) is 6.92 Å². The second kappa shape index (κ2) is 10.4. The molecule has 1 aromatic heterocycles. The maximum atomic E-state index is 5.04. The van der Waals surface area contributed by atoms with Gasteiger partial charge < -0.3 is 4.98 Å². The van der Waals surface area contributed by atoms with Gasteiger partial charge in [-0.25, -0.2) is 4.98 Å². The zero-order valence-corrected chi connectivity index (χ0v) is 22.0. The minimum atomic E-state index is 0.123. The van der Waals surface area contributed by atoms with Crippen LogP contribution in [0.1, 0.15) is 54.9 Å². The van der Waals surface area contributed by atoms with Gasteiger partial charge in [0.1, 0.15) is 5.82 Å². The molecule has 4 heteroatoms. The molecule has 0 unspecified atom stereocenters. The summed E-state index contributed by atoms with van der Waals surface area (Å²) in [5.74, 6) is 0.973. The lowest BCUT2D eigenvalue weighted by atomic mass is 9.86. The highest BCUT2D eigenvalue weighted by Crippen LogP contribution is 2.30. The van der Waals surface area contributed by atoms with Gasteiger partial charge in [0.05, 0.1) is 11.7 Å². The maximum Gasteiger partial charge on any atom is 0.137 e. The van der Waals surface area contributed by atoms with Gasteiger partial charge in [-0.2, -0.15) is 0 Å². The van der Waals surface area contributed by atoms with Gasteiger partial charge in [0.25, 0.3) is 0 Å². The smallest absolute Gasteiger partial charge is 0.137 e. The molecule has 1 aliphatic heterocycles. The Balaban J connectivity index is 1.28. The Morgan fingerprint density at radius 3 is 2.00 bits per heavy atom. The van der Waals surface area contributed by atoms with Gasteiger partial charge in [-0.15, -0.1) is 0 Å². The molecule has 1 N–H and O–H groups in total. The Morgan fingerprint density at radius 1 is 0.806 bits per heavy atom. The first-order valence-corrected chi connectivity index (χ1v) is 13.1. The van der Waals surface area contributed by atoms with E-state index in [9.17, 15) is 0 Å². The molecule has 1 saturated heterocycles. The van der Waals surface area contributed by atoms with Crippen LogP contribution in [0.4, 0.5) is 0 Å². The summed E-state index contributed by atoms with van der Waals surface area (Å²) in [6, 6.07) is 30.9. The zero-order chi connectivity index (χ0) is 25.1. The van der Waals surface area contributed by atoms with Crippen molar-refractivity contribution < 1.29 is 0 Å². The van der Waals surface area contributed by atoms with E-state index < -0.39 is 0 Å². The molecule has 0 saturated carbocycles. The SMILES string of the molecule is Cc1[nH]c(-c2cccc(C(C)(C)C)c2)nc1CN1CCN(C(c2ccccc2)c2ccccc2)CC1. The zero-order valence-electron chi connectivity index (χ0n) is 22.0. The number of benzene rings is 3. The number of aromatic amines is 1. The van der Waals surface area contributed by atoms with Crippen molar-refractivity contribution in [1.29, 1.82) is 0 Å². The monoisotopic (exact) mass is 478 g/mol. The number of aryl methyl sites for hydroxylation is 1. The van der Waals surface area contributed by atoms with E-state index in [-0.39, 0.29) is 5.41 Å². The Morgan fingerprint density at radius 2 is 1.42 bits per heavy atom. The molecule has 2 heterocycles. The van der Waals surface area contributed by atoms with Gasteiger partial charge in [-0.05, 0) is 35.1 Å². The molecular formula is C32H38N4. The summed E-state index contributed by atoms with van der Waals surface area (Å²) < 4.78 is 0. The summed E-state index contributed by atoms with van der Waals surface area (Å²) in [6.07, 6.45) is 0. The summed E-state index contributed by atoms with van der Waals surface area (Å²) in [5.41, 5.74) is 7.66. The second-order valence-corrected chi connectivity index (χ2v) is 11.0. The fourth-order valence-corrected chi connectivity index (χ4v) is 5.20. The number of hydrogen-bond acceptors (Lipinski definition) is 3. The van der Waals surface area contributed by atoms with Crippen molar-refractivity contribution in [2.45, 2.75) is 45.7 Å². The largest absolute Gasteiger partial charge is 0.342 e. The van der Waals surface area contributed by atoms with Crippen LogP contribution in [0.2, 0.25) is 0 Å². The average Bonchev–Trinajstić information content (AvgIpc) is 3.26. The highest BCUT2D eigenvalue weighted by atomic mass is 15.3. The molecule has 186 valence electrons. The minimum Gasteiger partial charge on any atom is -0.342 e. The lowest BCUT2D eigenvalue weighted by Gasteiger charge is -2.39. The molecule has 4 nitrogen and oxygen atoms in total. The van der Waals surface area contributed by atoms with Crippen LogP contribution in [0.15, 0.2) is 84.9 Å². The van der Waals surface area contributed by atoms with Gasteiger partial charge in [-0.3, -0.25) is 9.80 Å². The number of piperazine rings is 1. The van der Waals surface area contributed by atoms with Crippen molar-refractivity contribution in [2.24, 2.45) is 0 Å². The maximum absolute atomic E-state index is 5.04.